The minimum absolute atomic E-state index is 0.487. The lowest BCUT2D eigenvalue weighted by molar-refractivity contribution is 0.687. The summed E-state index contributed by atoms with van der Waals surface area (Å²) < 4.78 is 0. The van der Waals surface area contributed by atoms with E-state index in [1.165, 1.54) is 0 Å². The first-order valence-electron chi connectivity index (χ1n) is 3.40. The van der Waals surface area contributed by atoms with Gasteiger partial charge in [0.25, 0.3) is 0 Å². The van der Waals surface area contributed by atoms with Crippen molar-refractivity contribution in [3.05, 3.63) is 12.2 Å². The summed E-state index contributed by atoms with van der Waals surface area (Å²) in [6, 6.07) is 0. The van der Waals surface area contributed by atoms with Gasteiger partial charge in [-0.15, -0.1) is 0 Å². The van der Waals surface area contributed by atoms with Crippen molar-refractivity contribution in [1.29, 1.82) is 0 Å². The van der Waals surface area contributed by atoms with E-state index in [1.807, 2.05) is 6.92 Å². The average Bonchev–Trinajstić information content (AvgIpc) is 1.87. The van der Waals surface area contributed by atoms with Crippen LogP contribution in [-0.2, 0) is 0 Å². The van der Waals surface area contributed by atoms with Gasteiger partial charge < -0.3 is 5.64 Å². The number of hydrogen-bond acceptors (Lipinski definition) is 1. The Hall–Kier alpha value is -0.235. The third-order valence-electron chi connectivity index (χ3n) is 1.63. The van der Waals surface area contributed by atoms with Gasteiger partial charge in [0.05, 0.1) is 0 Å². The van der Waals surface area contributed by atoms with Crippen molar-refractivity contribution in [2.24, 2.45) is 11.6 Å². The van der Waals surface area contributed by atoms with Crippen molar-refractivity contribution in [3.8, 4) is 0 Å². The summed E-state index contributed by atoms with van der Waals surface area (Å²) in [4.78, 5) is 0. The Bertz CT molecular complexity index is 90.9. The second kappa shape index (κ2) is 4.63. The molecule has 0 aromatic rings. The molecule has 0 bridgehead atoms. The van der Waals surface area contributed by atoms with E-state index in [9.17, 15) is 0 Å². The van der Waals surface area contributed by atoms with Crippen molar-refractivity contribution in [2.45, 2.75) is 26.6 Å². The van der Waals surface area contributed by atoms with Crippen molar-refractivity contribution in [3.63, 3.8) is 0 Å². The van der Waals surface area contributed by atoms with Crippen molar-refractivity contribution in [1.82, 2.24) is 0 Å². The molecule has 0 rings (SSSR count). The molecule has 0 aliphatic rings. The highest BCUT2D eigenvalue weighted by Crippen LogP contribution is 2.14. The quantitative estimate of drug-likeness (QED) is 0.448. The second-order valence-corrected chi connectivity index (χ2v) is 2.44. The molecule has 0 aromatic carbocycles. The summed E-state index contributed by atoms with van der Waals surface area (Å²) in [5.41, 5.74) is 5.34. The lowest BCUT2D eigenvalue weighted by atomic mass is 9.71. The lowest BCUT2D eigenvalue weighted by Crippen LogP contribution is -2.15. The van der Waals surface area contributed by atoms with Gasteiger partial charge in [-0.2, -0.15) is 0 Å². The third kappa shape index (κ3) is 3.36. The van der Waals surface area contributed by atoms with Crippen LogP contribution in [0.5, 0.6) is 0 Å². The van der Waals surface area contributed by atoms with E-state index in [-0.39, 0.29) is 0 Å². The predicted octanol–water partition coefficient (Wildman–Crippen LogP) is 1.58. The van der Waals surface area contributed by atoms with E-state index in [4.69, 9.17) is 5.64 Å². The summed E-state index contributed by atoms with van der Waals surface area (Å²) in [6.07, 6.45) is 4.22. The minimum atomic E-state index is 0.487. The Labute approximate surface area is 58.6 Å². The first-order chi connectivity index (χ1) is 4.22. The molecule has 2 atom stereocenters. The molecule has 0 aromatic heterocycles. The molecular formula is C7H15BN. The van der Waals surface area contributed by atoms with E-state index >= 15 is 0 Å². The zero-order chi connectivity index (χ0) is 7.28. The largest absolute Gasteiger partial charge is 0.374 e. The van der Waals surface area contributed by atoms with Crippen molar-refractivity contribution >= 4 is 7.41 Å². The molecular weight excluding hydrogens is 109 g/mol. The number of hydrogen-bond donors (Lipinski definition) is 1. The van der Waals surface area contributed by atoms with Gasteiger partial charge in [0.2, 0.25) is 7.41 Å². The Kier molecular flexibility index (Phi) is 4.50. The summed E-state index contributed by atoms with van der Waals surface area (Å²) >= 11 is 0. The zero-order valence-corrected chi connectivity index (χ0v) is 6.46. The van der Waals surface area contributed by atoms with Crippen LogP contribution in [-0.4, -0.2) is 7.41 Å². The third-order valence-corrected chi connectivity index (χ3v) is 1.63. The number of allylic oxidation sites excluding steroid dienone is 2. The molecule has 0 heterocycles. The summed E-state index contributed by atoms with van der Waals surface area (Å²) in [5, 5.41) is 0. The molecule has 0 amide bonds. The van der Waals surface area contributed by atoms with Gasteiger partial charge in [0, 0.05) is 0 Å². The normalized spacial score (nSPS) is 17.8. The van der Waals surface area contributed by atoms with Gasteiger partial charge in [-0.3, -0.25) is 0 Å². The molecule has 51 valence electrons. The Morgan fingerprint density at radius 2 is 2.00 bits per heavy atom. The molecule has 2 unspecified atom stereocenters. The standard InChI is InChI=1S/C7H15BN/c1-4-5-6(2)7(3)8-9/h4-7H,9H2,1-3H3. The molecule has 0 aliphatic heterocycles. The highest BCUT2D eigenvalue weighted by molar-refractivity contribution is 6.33. The molecule has 9 heavy (non-hydrogen) atoms. The zero-order valence-electron chi connectivity index (χ0n) is 6.46. The van der Waals surface area contributed by atoms with Crippen molar-refractivity contribution in [2.75, 3.05) is 0 Å². The molecule has 0 fully saturated rings. The Balaban J connectivity index is 3.58. The van der Waals surface area contributed by atoms with Crippen LogP contribution in [0.15, 0.2) is 12.2 Å². The summed E-state index contributed by atoms with van der Waals surface area (Å²) in [7, 11) is 1.74. The van der Waals surface area contributed by atoms with Crippen LogP contribution in [0.25, 0.3) is 0 Å². The summed E-state index contributed by atoms with van der Waals surface area (Å²) in [5.74, 6) is 1.06. The molecule has 2 heteroatoms. The second-order valence-electron chi connectivity index (χ2n) is 2.44. The van der Waals surface area contributed by atoms with Crippen LogP contribution in [0.1, 0.15) is 20.8 Å². The van der Waals surface area contributed by atoms with Gasteiger partial charge in [0.1, 0.15) is 0 Å². The SMILES string of the molecule is CC=CC(C)C(C)[B]N. The minimum Gasteiger partial charge on any atom is -0.374 e. The van der Waals surface area contributed by atoms with Crippen LogP contribution < -0.4 is 5.64 Å². The highest BCUT2D eigenvalue weighted by atomic mass is 14.4. The molecule has 1 radical (unpaired) electrons. The molecule has 0 saturated heterocycles. The van der Waals surface area contributed by atoms with Crippen LogP contribution in [0, 0.1) is 5.92 Å². The molecule has 0 spiro atoms. The van der Waals surface area contributed by atoms with Gasteiger partial charge in [-0.05, 0) is 18.7 Å². The maximum absolute atomic E-state index is 5.34. The Morgan fingerprint density at radius 3 is 2.33 bits per heavy atom. The topological polar surface area (TPSA) is 26.0 Å². The summed E-state index contributed by atoms with van der Waals surface area (Å²) in [6.45, 7) is 6.30. The number of nitrogens with two attached hydrogens (primary N) is 1. The van der Waals surface area contributed by atoms with E-state index in [0.29, 0.717) is 11.7 Å². The van der Waals surface area contributed by atoms with Crippen LogP contribution in [0.4, 0.5) is 0 Å². The van der Waals surface area contributed by atoms with Crippen LogP contribution >= 0.6 is 0 Å². The van der Waals surface area contributed by atoms with Gasteiger partial charge in [-0.25, -0.2) is 0 Å². The molecule has 2 N–H and O–H groups in total. The first kappa shape index (κ1) is 8.76. The maximum Gasteiger partial charge on any atom is 0.206 e. The average molecular weight is 124 g/mol. The van der Waals surface area contributed by atoms with Crippen LogP contribution in [0.3, 0.4) is 0 Å². The van der Waals surface area contributed by atoms with Crippen molar-refractivity contribution < 1.29 is 0 Å². The van der Waals surface area contributed by atoms with Gasteiger partial charge in [0.15, 0.2) is 0 Å². The van der Waals surface area contributed by atoms with E-state index < -0.39 is 0 Å². The number of rotatable bonds is 3. The van der Waals surface area contributed by atoms with Gasteiger partial charge in [-0.1, -0.05) is 26.0 Å². The smallest absolute Gasteiger partial charge is 0.206 e. The first-order valence-corrected chi connectivity index (χ1v) is 3.40. The van der Waals surface area contributed by atoms with Crippen LogP contribution in [0.2, 0.25) is 5.82 Å². The Morgan fingerprint density at radius 1 is 1.44 bits per heavy atom. The van der Waals surface area contributed by atoms with Gasteiger partial charge >= 0.3 is 0 Å². The molecule has 0 saturated carbocycles. The predicted molar refractivity (Wildman–Crippen MR) is 43.3 cm³/mol. The maximum atomic E-state index is 5.34. The fourth-order valence-corrected chi connectivity index (χ4v) is 0.654. The molecule has 0 aliphatic carbocycles. The monoisotopic (exact) mass is 124 g/mol. The highest BCUT2D eigenvalue weighted by Gasteiger charge is 2.06. The lowest BCUT2D eigenvalue weighted by Gasteiger charge is -2.11. The van der Waals surface area contributed by atoms with E-state index in [1.54, 1.807) is 7.41 Å². The van der Waals surface area contributed by atoms with E-state index in [2.05, 4.69) is 26.0 Å². The fourth-order valence-electron chi connectivity index (χ4n) is 0.654. The molecule has 1 nitrogen and oxygen atoms in total. The van der Waals surface area contributed by atoms with E-state index in [0.717, 1.165) is 0 Å². The fraction of sp³-hybridized carbons (Fsp3) is 0.714.